The van der Waals surface area contributed by atoms with Crippen LogP contribution in [0.15, 0.2) is 61.1 Å². The number of halogens is 3. The van der Waals surface area contributed by atoms with Gasteiger partial charge in [-0.05, 0) is 29.8 Å². The molecule has 1 aromatic carbocycles. The highest BCUT2D eigenvalue weighted by atomic mass is 19.4. The van der Waals surface area contributed by atoms with Crippen molar-refractivity contribution in [2.45, 2.75) is 12.2 Å². The van der Waals surface area contributed by atoms with E-state index in [2.05, 4.69) is 15.2 Å². The van der Waals surface area contributed by atoms with Crippen LogP contribution in [0.3, 0.4) is 0 Å². The highest BCUT2D eigenvalue weighted by molar-refractivity contribution is 5.95. The number of H-pyrrole nitrogens is 1. The normalized spacial score (nSPS) is 12.6. The van der Waals surface area contributed by atoms with Crippen molar-refractivity contribution >= 4 is 5.91 Å². The van der Waals surface area contributed by atoms with Crippen LogP contribution in [-0.2, 0) is 0 Å². The summed E-state index contributed by atoms with van der Waals surface area (Å²) in [4.78, 5) is 15.9. The Morgan fingerprint density at radius 1 is 1.08 bits per heavy atom. The standard InChI is InChI=1S/C17H13F3N4O/c18-17(19,20)15(13-2-1-8-21-10-13)23-16(25)12-5-3-11(4-6-12)14-7-9-22-24-14/h1-10,15H,(H,22,24)(H,23,25). The Bertz CT molecular complexity index is 831. The van der Waals surface area contributed by atoms with Crippen molar-refractivity contribution in [3.05, 3.63) is 72.2 Å². The lowest BCUT2D eigenvalue weighted by molar-refractivity contribution is -0.155. The highest BCUT2D eigenvalue weighted by Gasteiger charge is 2.42. The van der Waals surface area contributed by atoms with E-state index in [1.807, 2.05) is 5.32 Å². The predicted octanol–water partition coefficient (Wildman–Crippen LogP) is 3.51. The van der Waals surface area contributed by atoms with E-state index in [1.54, 1.807) is 24.4 Å². The monoisotopic (exact) mass is 346 g/mol. The van der Waals surface area contributed by atoms with Crippen LogP contribution < -0.4 is 5.32 Å². The van der Waals surface area contributed by atoms with Crippen LogP contribution in [-0.4, -0.2) is 27.3 Å². The minimum absolute atomic E-state index is 0.126. The van der Waals surface area contributed by atoms with E-state index in [-0.39, 0.29) is 11.1 Å². The second-order valence-corrected chi connectivity index (χ2v) is 5.28. The van der Waals surface area contributed by atoms with Gasteiger partial charge in [0.15, 0.2) is 6.04 Å². The molecule has 25 heavy (non-hydrogen) atoms. The molecule has 1 atom stereocenters. The molecule has 0 radical (unpaired) electrons. The molecule has 0 spiro atoms. The summed E-state index contributed by atoms with van der Waals surface area (Å²) in [6, 6.07) is 8.47. The van der Waals surface area contributed by atoms with E-state index in [1.165, 1.54) is 30.5 Å². The Morgan fingerprint density at radius 3 is 2.40 bits per heavy atom. The topological polar surface area (TPSA) is 70.7 Å². The van der Waals surface area contributed by atoms with Crippen LogP contribution in [0.5, 0.6) is 0 Å². The van der Waals surface area contributed by atoms with Gasteiger partial charge in [0.05, 0.1) is 5.69 Å². The summed E-state index contributed by atoms with van der Waals surface area (Å²) in [5.74, 6) is -0.817. The van der Waals surface area contributed by atoms with Gasteiger partial charge >= 0.3 is 6.18 Å². The Hall–Kier alpha value is -3.16. The van der Waals surface area contributed by atoms with Crippen molar-refractivity contribution in [3.63, 3.8) is 0 Å². The van der Waals surface area contributed by atoms with E-state index >= 15 is 0 Å². The van der Waals surface area contributed by atoms with Gasteiger partial charge in [-0.3, -0.25) is 14.9 Å². The van der Waals surface area contributed by atoms with Crippen molar-refractivity contribution in [3.8, 4) is 11.3 Å². The minimum atomic E-state index is -4.63. The Labute approximate surface area is 140 Å². The first-order valence-electron chi connectivity index (χ1n) is 7.32. The van der Waals surface area contributed by atoms with Gasteiger partial charge in [-0.25, -0.2) is 0 Å². The minimum Gasteiger partial charge on any atom is -0.337 e. The van der Waals surface area contributed by atoms with Crippen LogP contribution in [0.1, 0.15) is 22.0 Å². The molecule has 0 saturated heterocycles. The summed E-state index contributed by atoms with van der Waals surface area (Å²) < 4.78 is 39.8. The van der Waals surface area contributed by atoms with Crippen LogP contribution in [0.25, 0.3) is 11.3 Å². The summed E-state index contributed by atoms with van der Waals surface area (Å²) in [7, 11) is 0. The molecule has 2 N–H and O–H groups in total. The molecule has 1 amide bonds. The lowest BCUT2D eigenvalue weighted by atomic mass is 10.1. The molecule has 0 aliphatic carbocycles. The maximum Gasteiger partial charge on any atom is 0.412 e. The fourth-order valence-corrected chi connectivity index (χ4v) is 2.33. The third kappa shape index (κ3) is 3.85. The average molecular weight is 346 g/mol. The van der Waals surface area contributed by atoms with Gasteiger partial charge in [0.1, 0.15) is 0 Å². The van der Waals surface area contributed by atoms with Crippen molar-refractivity contribution in [1.29, 1.82) is 0 Å². The fourth-order valence-electron chi connectivity index (χ4n) is 2.33. The van der Waals surface area contributed by atoms with Crippen LogP contribution >= 0.6 is 0 Å². The first kappa shape index (κ1) is 16.7. The molecule has 0 fully saturated rings. The Kier molecular flexibility index (Phi) is 4.51. The molecule has 128 valence electrons. The van der Waals surface area contributed by atoms with Crippen molar-refractivity contribution in [2.75, 3.05) is 0 Å². The zero-order valence-corrected chi connectivity index (χ0v) is 12.8. The van der Waals surface area contributed by atoms with E-state index in [0.29, 0.717) is 0 Å². The number of carbonyl (C=O) groups is 1. The lowest BCUT2D eigenvalue weighted by Crippen LogP contribution is -2.38. The second kappa shape index (κ2) is 6.76. The maximum atomic E-state index is 13.3. The van der Waals surface area contributed by atoms with E-state index in [9.17, 15) is 18.0 Å². The summed E-state index contributed by atoms with van der Waals surface area (Å²) in [5, 5.41) is 8.61. The third-order valence-electron chi connectivity index (χ3n) is 3.58. The summed E-state index contributed by atoms with van der Waals surface area (Å²) >= 11 is 0. The number of hydrogen-bond donors (Lipinski definition) is 2. The zero-order valence-electron chi connectivity index (χ0n) is 12.8. The number of carbonyl (C=O) groups excluding carboxylic acids is 1. The molecule has 8 heteroatoms. The largest absolute Gasteiger partial charge is 0.412 e. The van der Waals surface area contributed by atoms with Gasteiger partial charge in [-0.1, -0.05) is 18.2 Å². The smallest absolute Gasteiger partial charge is 0.337 e. The molecule has 3 rings (SSSR count). The number of rotatable bonds is 4. The molecule has 2 heterocycles. The van der Waals surface area contributed by atoms with Crippen LogP contribution in [0.2, 0.25) is 0 Å². The fraction of sp³-hybridized carbons (Fsp3) is 0.118. The number of aromatic nitrogens is 3. The van der Waals surface area contributed by atoms with Gasteiger partial charge in [0, 0.05) is 29.7 Å². The number of nitrogens with zero attached hydrogens (tertiary/aromatic N) is 2. The Morgan fingerprint density at radius 2 is 1.84 bits per heavy atom. The summed E-state index contributed by atoms with van der Waals surface area (Å²) in [6.07, 6.45) is -0.598. The molecule has 3 aromatic rings. The highest BCUT2D eigenvalue weighted by Crippen LogP contribution is 2.32. The molecule has 5 nitrogen and oxygen atoms in total. The predicted molar refractivity (Wildman–Crippen MR) is 84.5 cm³/mol. The Balaban J connectivity index is 1.80. The molecular formula is C17H13F3N4O. The van der Waals surface area contributed by atoms with Gasteiger partial charge in [-0.15, -0.1) is 0 Å². The van der Waals surface area contributed by atoms with Crippen molar-refractivity contribution in [1.82, 2.24) is 20.5 Å². The molecule has 0 aliphatic rings. The van der Waals surface area contributed by atoms with Gasteiger partial charge in [-0.2, -0.15) is 18.3 Å². The van der Waals surface area contributed by atoms with Crippen LogP contribution in [0.4, 0.5) is 13.2 Å². The number of amides is 1. The zero-order chi connectivity index (χ0) is 17.9. The van der Waals surface area contributed by atoms with Crippen molar-refractivity contribution in [2.24, 2.45) is 0 Å². The molecule has 2 aromatic heterocycles. The molecule has 1 unspecified atom stereocenters. The average Bonchev–Trinajstić information content (AvgIpc) is 3.14. The number of pyridine rings is 1. The number of hydrogen-bond acceptors (Lipinski definition) is 3. The SMILES string of the molecule is O=C(NC(c1cccnc1)C(F)(F)F)c1ccc(-c2ccn[nH]2)cc1. The molecular weight excluding hydrogens is 333 g/mol. The first-order chi connectivity index (χ1) is 11.9. The molecule has 0 aliphatic heterocycles. The number of alkyl halides is 3. The van der Waals surface area contributed by atoms with E-state index in [4.69, 9.17) is 0 Å². The van der Waals surface area contributed by atoms with E-state index < -0.39 is 18.1 Å². The quantitative estimate of drug-likeness (QED) is 0.759. The molecule has 0 saturated carbocycles. The lowest BCUT2D eigenvalue weighted by Gasteiger charge is -2.21. The summed E-state index contributed by atoms with van der Waals surface area (Å²) in [5.41, 5.74) is 1.52. The van der Waals surface area contributed by atoms with Gasteiger partial charge < -0.3 is 5.32 Å². The summed E-state index contributed by atoms with van der Waals surface area (Å²) in [6.45, 7) is 0. The van der Waals surface area contributed by atoms with Gasteiger partial charge in [0.25, 0.3) is 5.91 Å². The third-order valence-corrected chi connectivity index (χ3v) is 3.58. The van der Waals surface area contributed by atoms with Gasteiger partial charge in [0.2, 0.25) is 0 Å². The molecule has 0 bridgehead atoms. The first-order valence-corrected chi connectivity index (χ1v) is 7.32. The number of benzene rings is 1. The number of nitrogens with one attached hydrogen (secondary N) is 2. The van der Waals surface area contributed by atoms with Crippen LogP contribution in [0, 0.1) is 0 Å². The number of aromatic amines is 1. The van der Waals surface area contributed by atoms with Crippen molar-refractivity contribution < 1.29 is 18.0 Å². The van der Waals surface area contributed by atoms with E-state index in [0.717, 1.165) is 17.5 Å². The maximum absolute atomic E-state index is 13.3. The second-order valence-electron chi connectivity index (χ2n) is 5.28.